The molecule has 0 spiro atoms. The van der Waals surface area contributed by atoms with Gasteiger partial charge in [-0.1, -0.05) is 11.6 Å². The number of ether oxygens (including phenoxy) is 2. The van der Waals surface area contributed by atoms with Gasteiger partial charge in [0.25, 0.3) is 5.91 Å². The number of methoxy groups -OCH3 is 1. The summed E-state index contributed by atoms with van der Waals surface area (Å²) in [6.45, 7) is 4.13. The molecule has 1 N–H and O–H groups in total. The number of aliphatic carboxylic acids is 1. The molecule has 0 bridgehead atoms. The van der Waals surface area contributed by atoms with E-state index in [4.69, 9.17) is 21.1 Å². The Labute approximate surface area is 139 Å². The van der Waals surface area contributed by atoms with Crippen LogP contribution in [0.2, 0.25) is 5.02 Å². The van der Waals surface area contributed by atoms with E-state index in [-0.39, 0.29) is 22.6 Å². The molecule has 23 heavy (non-hydrogen) atoms. The number of rotatable bonds is 5. The molecule has 6 nitrogen and oxygen atoms in total. The molecule has 2 rings (SSSR count). The lowest BCUT2D eigenvalue weighted by molar-refractivity contribution is -0.141. The molecule has 1 atom stereocenters. The maximum absolute atomic E-state index is 12.6. The van der Waals surface area contributed by atoms with Crippen LogP contribution >= 0.6 is 11.6 Å². The summed E-state index contributed by atoms with van der Waals surface area (Å²) in [5, 5.41) is 9.47. The molecular formula is C16H20ClNO5. The van der Waals surface area contributed by atoms with Crippen molar-refractivity contribution in [2.75, 3.05) is 13.7 Å². The van der Waals surface area contributed by atoms with Gasteiger partial charge in [-0.15, -0.1) is 0 Å². The number of carboxylic acids is 1. The van der Waals surface area contributed by atoms with Gasteiger partial charge in [0.1, 0.15) is 6.04 Å². The van der Waals surface area contributed by atoms with Crippen LogP contribution in [0.5, 0.6) is 11.5 Å². The smallest absolute Gasteiger partial charge is 0.326 e. The number of carbonyl (C=O) groups excluding carboxylic acids is 1. The molecule has 1 aliphatic heterocycles. The van der Waals surface area contributed by atoms with Crippen molar-refractivity contribution in [1.29, 1.82) is 0 Å². The Morgan fingerprint density at radius 1 is 1.39 bits per heavy atom. The summed E-state index contributed by atoms with van der Waals surface area (Å²) in [6.07, 6.45) is 1.03. The second kappa shape index (κ2) is 7.08. The minimum absolute atomic E-state index is 0.0991. The van der Waals surface area contributed by atoms with Gasteiger partial charge in [-0.3, -0.25) is 4.79 Å². The molecule has 1 aromatic rings. The summed E-state index contributed by atoms with van der Waals surface area (Å²) >= 11 is 6.22. The zero-order valence-electron chi connectivity index (χ0n) is 13.3. The predicted octanol–water partition coefficient (Wildman–Crippen LogP) is 2.83. The highest BCUT2D eigenvalue weighted by atomic mass is 35.5. The third-order valence-corrected chi connectivity index (χ3v) is 3.91. The first-order chi connectivity index (χ1) is 10.8. The number of carboxylic acid groups (broad SMARTS) is 1. The van der Waals surface area contributed by atoms with E-state index in [1.165, 1.54) is 24.1 Å². The fraction of sp³-hybridized carbons (Fsp3) is 0.500. The monoisotopic (exact) mass is 341 g/mol. The van der Waals surface area contributed by atoms with Gasteiger partial charge >= 0.3 is 5.97 Å². The van der Waals surface area contributed by atoms with Crippen molar-refractivity contribution in [2.24, 2.45) is 0 Å². The van der Waals surface area contributed by atoms with Crippen LogP contribution in [0.15, 0.2) is 12.1 Å². The van der Waals surface area contributed by atoms with Crippen molar-refractivity contribution in [3.8, 4) is 11.5 Å². The van der Waals surface area contributed by atoms with Crippen molar-refractivity contribution in [2.45, 2.75) is 38.8 Å². The van der Waals surface area contributed by atoms with Gasteiger partial charge in [-0.2, -0.15) is 0 Å². The highest BCUT2D eigenvalue weighted by Gasteiger charge is 2.35. The normalized spacial score (nSPS) is 17.4. The van der Waals surface area contributed by atoms with Gasteiger partial charge in [0.15, 0.2) is 11.5 Å². The van der Waals surface area contributed by atoms with E-state index in [1.807, 2.05) is 13.8 Å². The Morgan fingerprint density at radius 2 is 2.09 bits per heavy atom. The largest absolute Gasteiger partial charge is 0.493 e. The molecule has 126 valence electrons. The van der Waals surface area contributed by atoms with Crippen molar-refractivity contribution < 1.29 is 24.2 Å². The van der Waals surface area contributed by atoms with Gasteiger partial charge in [-0.05, 0) is 38.8 Å². The molecule has 1 amide bonds. The molecule has 1 fully saturated rings. The highest BCUT2D eigenvalue weighted by molar-refractivity contribution is 6.32. The summed E-state index contributed by atoms with van der Waals surface area (Å²) in [4.78, 5) is 25.2. The molecule has 0 aliphatic carbocycles. The maximum Gasteiger partial charge on any atom is 0.326 e. The van der Waals surface area contributed by atoms with Crippen LogP contribution in [0.25, 0.3) is 0 Å². The van der Waals surface area contributed by atoms with Gasteiger partial charge in [0, 0.05) is 12.1 Å². The fourth-order valence-corrected chi connectivity index (χ4v) is 2.88. The summed E-state index contributed by atoms with van der Waals surface area (Å²) in [7, 11) is 1.46. The number of benzene rings is 1. The Kier molecular flexibility index (Phi) is 5.36. The van der Waals surface area contributed by atoms with Crippen molar-refractivity contribution >= 4 is 23.5 Å². The highest BCUT2D eigenvalue weighted by Crippen LogP contribution is 2.37. The van der Waals surface area contributed by atoms with E-state index in [9.17, 15) is 14.7 Å². The Hall–Kier alpha value is -1.95. The third-order valence-electron chi connectivity index (χ3n) is 3.63. The number of nitrogens with zero attached hydrogens (tertiary/aromatic N) is 1. The van der Waals surface area contributed by atoms with E-state index in [2.05, 4.69) is 0 Å². The van der Waals surface area contributed by atoms with Crippen LogP contribution < -0.4 is 9.47 Å². The van der Waals surface area contributed by atoms with E-state index < -0.39 is 12.0 Å². The number of hydrogen-bond acceptors (Lipinski definition) is 4. The van der Waals surface area contributed by atoms with Gasteiger partial charge in [-0.25, -0.2) is 4.79 Å². The molecule has 7 heteroatoms. The first kappa shape index (κ1) is 17.4. The predicted molar refractivity (Wildman–Crippen MR) is 85.5 cm³/mol. The van der Waals surface area contributed by atoms with Crippen LogP contribution in [0.4, 0.5) is 0 Å². The summed E-state index contributed by atoms with van der Waals surface area (Å²) < 4.78 is 10.9. The van der Waals surface area contributed by atoms with E-state index in [1.54, 1.807) is 0 Å². The van der Waals surface area contributed by atoms with Crippen LogP contribution in [0.1, 0.15) is 37.0 Å². The standard InChI is InChI=1S/C16H20ClNO5/c1-9(2)23-14-11(17)7-10(8-13(14)22-3)15(19)18-6-4-5-12(18)16(20)21/h7-9,12H,4-6H2,1-3H3,(H,20,21). The summed E-state index contributed by atoms with van der Waals surface area (Å²) in [5.41, 5.74) is 0.288. The van der Waals surface area contributed by atoms with E-state index in [0.29, 0.717) is 30.9 Å². The first-order valence-corrected chi connectivity index (χ1v) is 7.81. The molecule has 1 unspecified atom stereocenters. The van der Waals surface area contributed by atoms with E-state index in [0.717, 1.165) is 0 Å². The number of hydrogen-bond donors (Lipinski definition) is 1. The minimum atomic E-state index is -0.992. The Balaban J connectivity index is 2.34. The molecule has 0 saturated carbocycles. The van der Waals surface area contributed by atoms with Crippen molar-refractivity contribution in [1.82, 2.24) is 4.90 Å². The first-order valence-electron chi connectivity index (χ1n) is 7.43. The molecule has 1 aliphatic rings. The second-order valence-electron chi connectivity index (χ2n) is 5.65. The quantitative estimate of drug-likeness (QED) is 0.891. The topological polar surface area (TPSA) is 76.1 Å². The number of halogens is 1. The summed E-state index contributed by atoms with van der Waals surface area (Å²) in [5.74, 6) is -0.641. The number of likely N-dealkylation sites (tertiary alicyclic amines) is 1. The lowest BCUT2D eigenvalue weighted by atomic mass is 10.1. The third kappa shape index (κ3) is 3.69. The van der Waals surface area contributed by atoms with Crippen LogP contribution in [0, 0.1) is 0 Å². The molecule has 1 aromatic carbocycles. The molecule has 1 heterocycles. The molecular weight excluding hydrogens is 322 g/mol. The average molecular weight is 342 g/mol. The van der Waals surface area contributed by atoms with Crippen molar-refractivity contribution in [3.63, 3.8) is 0 Å². The van der Waals surface area contributed by atoms with E-state index >= 15 is 0 Å². The zero-order chi connectivity index (χ0) is 17.1. The van der Waals surface area contributed by atoms with Gasteiger partial charge in [0.2, 0.25) is 0 Å². The lowest BCUT2D eigenvalue weighted by Crippen LogP contribution is -2.40. The van der Waals surface area contributed by atoms with Crippen LogP contribution in [-0.4, -0.2) is 47.7 Å². The maximum atomic E-state index is 12.6. The second-order valence-corrected chi connectivity index (χ2v) is 6.06. The van der Waals surface area contributed by atoms with Crippen LogP contribution in [-0.2, 0) is 4.79 Å². The number of amides is 1. The van der Waals surface area contributed by atoms with Crippen LogP contribution in [0.3, 0.4) is 0 Å². The molecule has 1 saturated heterocycles. The van der Waals surface area contributed by atoms with Gasteiger partial charge < -0.3 is 19.5 Å². The van der Waals surface area contributed by atoms with Gasteiger partial charge in [0.05, 0.1) is 18.2 Å². The minimum Gasteiger partial charge on any atom is -0.493 e. The Morgan fingerprint density at radius 3 is 2.65 bits per heavy atom. The fourth-order valence-electron chi connectivity index (χ4n) is 2.63. The lowest BCUT2D eigenvalue weighted by Gasteiger charge is -2.22. The molecule has 0 aromatic heterocycles. The van der Waals surface area contributed by atoms with Crippen molar-refractivity contribution in [3.05, 3.63) is 22.7 Å². The summed E-state index contributed by atoms with van der Waals surface area (Å²) in [6, 6.07) is 2.23. The zero-order valence-corrected chi connectivity index (χ0v) is 14.1. The number of carbonyl (C=O) groups is 2. The Bertz CT molecular complexity index is 617. The SMILES string of the molecule is COc1cc(C(=O)N2CCCC2C(=O)O)cc(Cl)c1OC(C)C. The molecule has 0 radical (unpaired) electrons. The average Bonchev–Trinajstić information content (AvgIpc) is 2.97.